The van der Waals surface area contributed by atoms with E-state index in [0.717, 1.165) is 42.0 Å². The van der Waals surface area contributed by atoms with Crippen molar-refractivity contribution in [1.82, 2.24) is 9.29 Å². The molecule has 198 valence electrons. The molecular weight excluding hydrogens is 489 g/mol. The van der Waals surface area contributed by atoms with Crippen LogP contribution in [0.1, 0.15) is 55.5 Å². The number of para-hydroxylation sites is 1. The van der Waals surface area contributed by atoms with Crippen LogP contribution < -0.4 is 9.80 Å². The number of alkyl halides is 3. The van der Waals surface area contributed by atoms with Gasteiger partial charge in [0.2, 0.25) is 0 Å². The molecule has 4 rings (SSSR count). The number of rotatable bonds is 7. The molecule has 36 heavy (non-hydrogen) atoms. The number of aryl methyl sites for hydroxylation is 1. The van der Waals surface area contributed by atoms with E-state index in [1.807, 2.05) is 50.2 Å². The minimum Gasteiger partial charge on any atom is -0.378 e. The van der Waals surface area contributed by atoms with Gasteiger partial charge in [0.15, 0.2) is 0 Å². The van der Waals surface area contributed by atoms with Gasteiger partial charge in [0.05, 0.1) is 12.2 Å². The zero-order chi connectivity index (χ0) is 26.1. The first-order chi connectivity index (χ1) is 17.0. The van der Waals surface area contributed by atoms with Gasteiger partial charge in [0.25, 0.3) is 0 Å². The van der Waals surface area contributed by atoms with Crippen LogP contribution in [-0.4, -0.2) is 49.9 Å². The van der Waals surface area contributed by atoms with Crippen molar-refractivity contribution in [3.8, 4) is 0 Å². The molecule has 0 saturated heterocycles. The van der Waals surface area contributed by atoms with E-state index in [9.17, 15) is 21.6 Å². The topological polar surface area (TPSA) is 56.8 Å². The summed E-state index contributed by atoms with van der Waals surface area (Å²) in [5, 5.41) is 0. The number of pyridine rings is 1. The zero-order valence-electron chi connectivity index (χ0n) is 21.1. The molecule has 2 aliphatic rings. The number of sulfonamides is 1. The van der Waals surface area contributed by atoms with Crippen LogP contribution in [0.4, 0.5) is 24.5 Å². The maximum Gasteiger partial charge on any atom is 0.511 e. The van der Waals surface area contributed by atoms with Crippen molar-refractivity contribution in [3.05, 3.63) is 53.3 Å². The predicted octanol–water partition coefficient (Wildman–Crippen LogP) is 5.47. The Labute approximate surface area is 212 Å². The minimum absolute atomic E-state index is 0.213. The van der Waals surface area contributed by atoms with Gasteiger partial charge >= 0.3 is 15.5 Å². The van der Waals surface area contributed by atoms with Crippen LogP contribution in [0.5, 0.6) is 0 Å². The van der Waals surface area contributed by atoms with Crippen LogP contribution >= 0.6 is 0 Å². The fraction of sp³-hybridized carbons (Fsp3) is 0.577. The molecule has 0 radical (unpaired) electrons. The summed E-state index contributed by atoms with van der Waals surface area (Å²) in [5.74, 6) is 0.537. The van der Waals surface area contributed by atoms with E-state index < -0.39 is 21.6 Å². The van der Waals surface area contributed by atoms with Gasteiger partial charge in [0, 0.05) is 50.3 Å². The molecule has 1 aliphatic carbocycles. The summed E-state index contributed by atoms with van der Waals surface area (Å²) in [7, 11) is -1.58. The van der Waals surface area contributed by atoms with E-state index >= 15 is 0 Å². The van der Waals surface area contributed by atoms with Gasteiger partial charge in [-0.3, -0.25) is 4.98 Å². The van der Waals surface area contributed by atoms with Crippen LogP contribution in [0.25, 0.3) is 0 Å². The minimum atomic E-state index is -5.47. The third-order valence-corrected chi connectivity index (χ3v) is 8.90. The first-order valence-corrected chi connectivity index (χ1v) is 14.0. The Morgan fingerprint density at radius 1 is 1.08 bits per heavy atom. The standard InChI is InChI=1S/C26H35F3N4O2S/c1-19-14-24(31(2)3)15-22(30-19)17-33-23(13-12-20-8-4-5-9-20)18-32(36(34,35)26(27,28)29)16-21-10-6-7-11-25(21)33/h6-7,10-11,14-15,20,23H,4-5,8-9,12-13,16-18H2,1-3H3. The van der Waals surface area contributed by atoms with E-state index in [4.69, 9.17) is 4.98 Å². The summed E-state index contributed by atoms with van der Waals surface area (Å²) in [4.78, 5) is 8.78. The molecule has 1 aromatic carbocycles. The number of halogens is 3. The van der Waals surface area contributed by atoms with Gasteiger partial charge in [0.1, 0.15) is 0 Å². The third-order valence-electron chi connectivity index (χ3n) is 7.36. The van der Waals surface area contributed by atoms with E-state index in [1.165, 1.54) is 12.8 Å². The normalized spacial score (nSPS) is 19.8. The highest BCUT2D eigenvalue weighted by Gasteiger charge is 2.51. The fourth-order valence-corrected chi connectivity index (χ4v) is 6.43. The smallest absolute Gasteiger partial charge is 0.378 e. The molecule has 0 bridgehead atoms. The van der Waals surface area contributed by atoms with Gasteiger partial charge in [-0.15, -0.1) is 0 Å². The number of benzene rings is 1. The van der Waals surface area contributed by atoms with E-state index in [0.29, 0.717) is 28.8 Å². The van der Waals surface area contributed by atoms with Crippen molar-refractivity contribution in [2.45, 2.75) is 70.1 Å². The maximum atomic E-state index is 13.6. The first-order valence-electron chi connectivity index (χ1n) is 12.5. The van der Waals surface area contributed by atoms with Gasteiger partial charge < -0.3 is 9.80 Å². The lowest BCUT2D eigenvalue weighted by Crippen LogP contribution is -2.47. The van der Waals surface area contributed by atoms with Crippen LogP contribution in [0.15, 0.2) is 36.4 Å². The molecule has 1 aromatic heterocycles. The van der Waals surface area contributed by atoms with Crippen molar-refractivity contribution in [2.24, 2.45) is 5.92 Å². The van der Waals surface area contributed by atoms with E-state index in [2.05, 4.69) is 4.90 Å². The first kappa shape index (κ1) is 26.7. The second kappa shape index (κ2) is 10.6. The summed E-state index contributed by atoms with van der Waals surface area (Å²) in [6, 6.07) is 10.7. The molecule has 10 heteroatoms. The van der Waals surface area contributed by atoms with Crippen molar-refractivity contribution < 1.29 is 21.6 Å². The monoisotopic (exact) mass is 524 g/mol. The molecule has 0 N–H and O–H groups in total. The number of hydrogen-bond donors (Lipinski definition) is 0. The van der Waals surface area contributed by atoms with Crippen molar-refractivity contribution in [1.29, 1.82) is 0 Å². The number of nitrogens with zero attached hydrogens (tertiary/aromatic N) is 4. The second-order valence-electron chi connectivity index (χ2n) is 10.2. The van der Waals surface area contributed by atoms with Crippen LogP contribution in [0.2, 0.25) is 0 Å². The Morgan fingerprint density at radius 2 is 1.78 bits per heavy atom. The van der Waals surface area contributed by atoms with E-state index in [-0.39, 0.29) is 13.1 Å². The Balaban J connectivity index is 1.74. The molecule has 6 nitrogen and oxygen atoms in total. The highest BCUT2D eigenvalue weighted by atomic mass is 32.2. The Morgan fingerprint density at radius 3 is 2.44 bits per heavy atom. The Bertz CT molecular complexity index is 1160. The maximum absolute atomic E-state index is 13.6. The summed E-state index contributed by atoms with van der Waals surface area (Å²) < 4.78 is 66.7. The largest absolute Gasteiger partial charge is 0.511 e. The van der Waals surface area contributed by atoms with Crippen molar-refractivity contribution in [3.63, 3.8) is 0 Å². The molecule has 0 spiro atoms. The molecule has 2 heterocycles. The fourth-order valence-electron chi connectivity index (χ4n) is 5.46. The third kappa shape index (κ3) is 5.80. The van der Waals surface area contributed by atoms with Crippen LogP contribution in [0.3, 0.4) is 0 Å². The SMILES string of the molecule is Cc1cc(N(C)C)cc(CN2c3ccccc3CN(S(=O)(=O)C(F)(F)F)CC2CCC2CCCC2)n1. The van der Waals surface area contributed by atoms with Gasteiger partial charge in [-0.1, -0.05) is 43.9 Å². The molecule has 1 saturated carbocycles. The zero-order valence-corrected chi connectivity index (χ0v) is 21.9. The summed E-state index contributed by atoms with van der Waals surface area (Å²) >= 11 is 0. The van der Waals surface area contributed by atoms with E-state index in [1.54, 1.807) is 12.1 Å². The average molecular weight is 525 g/mol. The second-order valence-corrected chi connectivity index (χ2v) is 12.2. The Kier molecular flexibility index (Phi) is 7.85. The summed E-state index contributed by atoms with van der Waals surface area (Å²) in [6.07, 6.45) is 6.09. The lowest BCUT2D eigenvalue weighted by molar-refractivity contribution is -0.0492. The molecule has 1 fully saturated rings. The molecule has 1 atom stereocenters. The molecular formula is C26H35F3N4O2S. The highest BCUT2D eigenvalue weighted by Crippen LogP contribution is 2.37. The lowest BCUT2D eigenvalue weighted by Gasteiger charge is -2.35. The van der Waals surface area contributed by atoms with Gasteiger partial charge in [-0.2, -0.15) is 17.5 Å². The quantitative estimate of drug-likeness (QED) is 0.481. The number of aromatic nitrogens is 1. The summed E-state index contributed by atoms with van der Waals surface area (Å²) in [5.41, 5.74) is -1.37. The number of anilines is 2. The lowest BCUT2D eigenvalue weighted by atomic mass is 9.97. The number of hydrogen-bond acceptors (Lipinski definition) is 5. The number of fused-ring (bicyclic) bond motifs is 1. The molecule has 1 aliphatic heterocycles. The van der Waals surface area contributed by atoms with Gasteiger partial charge in [-0.25, -0.2) is 8.42 Å². The predicted molar refractivity (Wildman–Crippen MR) is 136 cm³/mol. The van der Waals surface area contributed by atoms with Crippen molar-refractivity contribution in [2.75, 3.05) is 30.4 Å². The summed E-state index contributed by atoms with van der Waals surface area (Å²) in [6.45, 7) is 1.78. The molecule has 2 aromatic rings. The van der Waals surface area contributed by atoms with Crippen LogP contribution in [0, 0.1) is 12.8 Å². The molecule has 1 unspecified atom stereocenters. The molecule has 0 amide bonds. The Hall–Kier alpha value is -2.33. The van der Waals surface area contributed by atoms with Crippen LogP contribution in [-0.2, 0) is 23.1 Å². The highest BCUT2D eigenvalue weighted by molar-refractivity contribution is 7.89. The average Bonchev–Trinajstić information content (AvgIpc) is 3.27. The van der Waals surface area contributed by atoms with Gasteiger partial charge in [-0.05, 0) is 49.4 Å². The van der Waals surface area contributed by atoms with Crippen molar-refractivity contribution >= 4 is 21.4 Å².